The number of nitrogens with one attached hydrogen (secondary N) is 1. The Balaban J connectivity index is 1.54. The molecule has 3 aromatic carbocycles. The maximum absolute atomic E-state index is 12.9. The molecule has 3 rings (SSSR count). The Morgan fingerprint density at radius 1 is 0.903 bits per heavy atom. The number of hydrogen-bond acceptors (Lipinski definition) is 4. The maximum atomic E-state index is 12.9. The first kappa shape index (κ1) is 22.2. The van der Waals surface area contributed by atoms with E-state index in [1.165, 1.54) is 4.90 Å². The van der Waals surface area contributed by atoms with Gasteiger partial charge in [0.25, 0.3) is 5.91 Å². The van der Waals surface area contributed by atoms with Crippen molar-refractivity contribution >= 4 is 29.1 Å². The molecule has 160 valence electrons. The molecule has 0 atom stereocenters. The number of anilines is 1. The second kappa shape index (κ2) is 11.0. The van der Waals surface area contributed by atoms with Gasteiger partial charge in [-0.2, -0.15) is 0 Å². The molecule has 7 heteroatoms. The fraction of sp³-hybridized carbons (Fsp3) is 0.167. The van der Waals surface area contributed by atoms with Gasteiger partial charge in [-0.05, 0) is 42.5 Å². The van der Waals surface area contributed by atoms with Gasteiger partial charge in [-0.1, -0.05) is 48.0 Å². The minimum Gasteiger partial charge on any atom is -0.490 e. The summed E-state index contributed by atoms with van der Waals surface area (Å²) < 4.78 is 11.4. The van der Waals surface area contributed by atoms with Crippen molar-refractivity contribution in [2.24, 2.45) is 0 Å². The second-order valence-electron chi connectivity index (χ2n) is 6.73. The van der Waals surface area contributed by atoms with Gasteiger partial charge in [0.15, 0.2) is 0 Å². The molecule has 0 heterocycles. The lowest BCUT2D eigenvalue weighted by molar-refractivity contribution is -0.116. The molecule has 0 bridgehead atoms. The Morgan fingerprint density at radius 2 is 1.61 bits per heavy atom. The molecule has 0 aliphatic carbocycles. The van der Waals surface area contributed by atoms with Gasteiger partial charge in [-0.15, -0.1) is 0 Å². The molecule has 0 aliphatic rings. The Labute approximate surface area is 186 Å². The lowest BCUT2D eigenvalue weighted by atomic mass is 10.1. The summed E-state index contributed by atoms with van der Waals surface area (Å²) in [4.78, 5) is 26.5. The van der Waals surface area contributed by atoms with E-state index < -0.39 is 0 Å². The molecule has 0 spiro atoms. The van der Waals surface area contributed by atoms with Gasteiger partial charge in [-0.25, -0.2) is 0 Å². The van der Waals surface area contributed by atoms with Crippen molar-refractivity contribution in [2.45, 2.75) is 0 Å². The second-order valence-corrected chi connectivity index (χ2v) is 7.16. The number of amides is 2. The zero-order chi connectivity index (χ0) is 22.1. The van der Waals surface area contributed by atoms with E-state index in [2.05, 4.69) is 5.32 Å². The first-order valence-corrected chi connectivity index (χ1v) is 10.1. The molecule has 0 radical (unpaired) electrons. The van der Waals surface area contributed by atoms with Crippen LogP contribution in [0.25, 0.3) is 0 Å². The fourth-order valence-corrected chi connectivity index (χ4v) is 3.05. The van der Waals surface area contributed by atoms with E-state index in [1.54, 1.807) is 55.6 Å². The summed E-state index contributed by atoms with van der Waals surface area (Å²) in [7, 11) is 1.56. The summed E-state index contributed by atoms with van der Waals surface area (Å²) in [5.74, 6) is 0.542. The van der Waals surface area contributed by atoms with Crippen LogP contribution in [0.3, 0.4) is 0 Å². The number of hydrogen-bond donors (Lipinski definition) is 1. The van der Waals surface area contributed by atoms with Gasteiger partial charge in [0.1, 0.15) is 24.7 Å². The van der Waals surface area contributed by atoms with E-state index in [4.69, 9.17) is 21.1 Å². The third-order valence-corrected chi connectivity index (χ3v) is 4.54. The van der Waals surface area contributed by atoms with Crippen LogP contribution in [0.5, 0.6) is 11.5 Å². The molecule has 0 aromatic heterocycles. The quantitative estimate of drug-likeness (QED) is 0.499. The van der Waals surface area contributed by atoms with Gasteiger partial charge >= 0.3 is 0 Å². The van der Waals surface area contributed by atoms with Crippen LogP contribution in [0.4, 0.5) is 5.69 Å². The van der Waals surface area contributed by atoms with Crippen LogP contribution in [-0.2, 0) is 4.79 Å². The molecule has 0 saturated carbocycles. The van der Waals surface area contributed by atoms with Crippen molar-refractivity contribution < 1.29 is 19.1 Å². The van der Waals surface area contributed by atoms with Crippen molar-refractivity contribution in [3.63, 3.8) is 0 Å². The van der Waals surface area contributed by atoms with Crippen LogP contribution in [0.15, 0.2) is 78.9 Å². The molecule has 6 nitrogen and oxygen atoms in total. The maximum Gasteiger partial charge on any atom is 0.257 e. The van der Waals surface area contributed by atoms with E-state index in [-0.39, 0.29) is 25.0 Å². The van der Waals surface area contributed by atoms with Gasteiger partial charge in [-0.3, -0.25) is 9.59 Å². The summed E-state index contributed by atoms with van der Waals surface area (Å²) in [5, 5.41) is 3.25. The topological polar surface area (TPSA) is 67.9 Å². The number of rotatable bonds is 9. The highest BCUT2D eigenvalue weighted by Gasteiger charge is 2.19. The minimum atomic E-state index is -0.326. The van der Waals surface area contributed by atoms with E-state index in [0.29, 0.717) is 28.6 Å². The Bertz CT molecular complexity index is 1030. The molecule has 0 fully saturated rings. The van der Waals surface area contributed by atoms with Crippen molar-refractivity contribution in [3.05, 3.63) is 89.4 Å². The monoisotopic (exact) mass is 438 g/mol. The number of likely N-dealkylation sites (N-methyl/N-ethyl adjacent to an activating group) is 1. The largest absolute Gasteiger partial charge is 0.490 e. The first-order chi connectivity index (χ1) is 15.0. The van der Waals surface area contributed by atoms with Crippen LogP contribution in [-0.4, -0.2) is 43.5 Å². The summed E-state index contributed by atoms with van der Waals surface area (Å²) >= 11 is 5.93. The number of nitrogens with zero attached hydrogens (tertiary/aromatic N) is 1. The van der Waals surface area contributed by atoms with Crippen molar-refractivity contribution in [1.82, 2.24) is 4.90 Å². The molecule has 1 N–H and O–H groups in total. The molecule has 0 unspecified atom stereocenters. The number of benzene rings is 3. The van der Waals surface area contributed by atoms with E-state index in [9.17, 15) is 9.59 Å². The SMILES string of the molecule is CN(CC(=O)Nc1cccc(Cl)c1)C(=O)c1ccccc1OCCOc1ccccc1. The number of halogens is 1. The molecular formula is C24H23ClN2O4. The number of para-hydroxylation sites is 2. The third-order valence-electron chi connectivity index (χ3n) is 4.31. The smallest absolute Gasteiger partial charge is 0.257 e. The minimum absolute atomic E-state index is 0.114. The fourth-order valence-electron chi connectivity index (χ4n) is 2.86. The van der Waals surface area contributed by atoms with Crippen LogP contribution >= 0.6 is 11.6 Å². The van der Waals surface area contributed by atoms with Crippen molar-refractivity contribution in [1.29, 1.82) is 0 Å². The molecular weight excluding hydrogens is 416 g/mol. The highest BCUT2D eigenvalue weighted by molar-refractivity contribution is 6.30. The number of carbonyl (C=O) groups excluding carboxylic acids is 2. The molecule has 0 aliphatic heterocycles. The zero-order valence-corrected chi connectivity index (χ0v) is 17.8. The number of ether oxygens (including phenoxy) is 2. The van der Waals surface area contributed by atoms with Gasteiger partial charge in [0.05, 0.1) is 12.1 Å². The zero-order valence-electron chi connectivity index (χ0n) is 17.1. The molecule has 2 amide bonds. The van der Waals surface area contributed by atoms with E-state index in [0.717, 1.165) is 5.75 Å². The predicted molar refractivity (Wildman–Crippen MR) is 121 cm³/mol. The highest BCUT2D eigenvalue weighted by atomic mass is 35.5. The standard InChI is InChI=1S/C24H23ClN2O4/c1-27(17-23(28)26-19-9-7-8-18(25)16-19)24(29)21-12-5-6-13-22(21)31-15-14-30-20-10-3-2-4-11-20/h2-13,16H,14-15,17H2,1H3,(H,26,28). The summed E-state index contributed by atoms with van der Waals surface area (Å²) in [5.41, 5.74) is 0.945. The van der Waals surface area contributed by atoms with Gasteiger partial charge < -0.3 is 19.7 Å². The molecule has 0 saturated heterocycles. The van der Waals surface area contributed by atoms with Gasteiger partial charge in [0.2, 0.25) is 5.91 Å². The van der Waals surface area contributed by atoms with E-state index in [1.807, 2.05) is 30.3 Å². The van der Waals surface area contributed by atoms with Crippen LogP contribution in [0, 0.1) is 0 Å². The van der Waals surface area contributed by atoms with Crippen LogP contribution in [0.2, 0.25) is 5.02 Å². The third kappa shape index (κ3) is 6.76. The number of carbonyl (C=O) groups is 2. The summed E-state index contributed by atoms with van der Waals surface area (Å²) in [6.07, 6.45) is 0. The summed E-state index contributed by atoms with van der Waals surface area (Å²) in [6, 6.07) is 23.2. The van der Waals surface area contributed by atoms with Crippen LogP contribution in [0.1, 0.15) is 10.4 Å². The predicted octanol–water partition coefficient (Wildman–Crippen LogP) is 4.51. The van der Waals surface area contributed by atoms with Crippen LogP contribution < -0.4 is 14.8 Å². The lowest BCUT2D eigenvalue weighted by Gasteiger charge is -2.19. The van der Waals surface area contributed by atoms with Crippen molar-refractivity contribution in [3.8, 4) is 11.5 Å². The van der Waals surface area contributed by atoms with Gasteiger partial charge in [0, 0.05) is 17.8 Å². The van der Waals surface area contributed by atoms with E-state index >= 15 is 0 Å². The first-order valence-electron chi connectivity index (χ1n) is 9.73. The molecule has 31 heavy (non-hydrogen) atoms. The Morgan fingerprint density at radius 3 is 2.39 bits per heavy atom. The Hall–Kier alpha value is -3.51. The van der Waals surface area contributed by atoms with Crippen molar-refractivity contribution in [2.75, 3.05) is 32.1 Å². The average Bonchev–Trinajstić information content (AvgIpc) is 2.77. The average molecular weight is 439 g/mol. The molecule has 3 aromatic rings. The Kier molecular flexibility index (Phi) is 7.90. The lowest BCUT2D eigenvalue weighted by Crippen LogP contribution is -2.35. The normalized spacial score (nSPS) is 10.3. The highest BCUT2D eigenvalue weighted by Crippen LogP contribution is 2.20. The summed E-state index contributed by atoms with van der Waals surface area (Å²) in [6.45, 7) is 0.499.